The molecule has 0 amide bonds. The summed E-state index contributed by atoms with van der Waals surface area (Å²) >= 11 is 0. The maximum atomic E-state index is 13.0. The number of ether oxygens (including phenoxy) is 1. The van der Waals surface area contributed by atoms with Gasteiger partial charge < -0.3 is 19.9 Å². The number of hydrogen-bond donors (Lipinski definition) is 3. The quantitative estimate of drug-likeness (QED) is 0.253. The van der Waals surface area contributed by atoms with Crippen LogP contribution in [0, 0.1) is 0 Å². The van der Waals surface area contributed by atoms with Gasteiger partial charge in [-0.05, 0) is 6.42 Å². The van der Waals surface area contributed by atoms with Crippen molar-refractivity contribution in [3.05, 3.63) is 23.0 Å². The number of nitrogens with zero attached hydrogens (tertiary/aromatic N) is 3. The zero-order chi connectivity index (χ0) is 25.8. The molecule has 2 aromatic heterocycles. The molecular weight excluding hydrogens is 460 g/mol. The molecule has 0 saturated carbocycles. The number of unbranched alkanes of at least 4 members (excludes halogenated alkanes) is 13. The van der Waals surface area contributed by atoms with Crippen LogP contribution >= 0.6 is 0 Å². The summed E-state index contributed by atoms with van der Waals surface area (Å²) in [6.45, 7) is 1.78. The molecule has 0 spiro atoms. The largest absolute Gasteiger partial charge is 0.394 e. The lowest BCUT2D eigenvalue weighted by Crippen LogP contribution is -2.47. The maximum absolute atomic E-state index is 13.0. The molecule has 0 unspecified atom stereocenters. The van der Waals surface area contributed by atoms with Crippen molar-refractivity contribution in [3.8, 4) is 0 Å². The molecule has 2 aromatic rings. The van der Waals surface area contributed by atoms with E-state index in [9.17, 15) is 19.8 Å². The van der Waals surface area contributed by atoms with E-state index < -0.39 is 24.5 Å². The van der Waals surface area contributed by atoms with Crippen molar-refractivity contribution >= 4 is 16.9 Å². The van der Waals surface area contributed by atoms with Crippen LogP contribution in [0.2, 0.25) is 0 Å². The first-order chi connectivity index (χ1) is 17.5. The van der Waals surface area contributed by atoms with Crippen LogP contribution in [0.1, 0.15) is 116 Å². The molecule has 0 aromatic carbocycles. The number of carbonyl (C=O) groups is 1. The Morgan fingerprint density at radius 1 is 1.03 bits per heavy atom. The number of Topliss-reactive ketones (excluding diaryl/α,β-unsaturated/α-hetero) is 1. The van der Waals surface area contributed by atoms with E-state index in [2.05, 4.69) is 21.9 Å². The Kier molecular flexibility index (Phi) is 11.5. The fourth-order valence-corrected chi connectivity index (χ4v) is 5.17. The summed E-state index contributed by atoms with van der Waals surface area (Å²) in [6.07, 6.45) is 18.4. The summed E-state index contributed by atoms with van der Waals surface area (Å²) in [6, 6.07) is 0. The first kappa shape index (κ1) is 28.5. The van der Waals surface area contributed by atoms with Gasteiger partial charge in [0.15, 0.2) is 22.5 Å². The fourth-order valence-electron chi connectivity index (χ4n) is 5.17. The van der Waals surface area contributed by atoms with Crippen molar-refractivity contribution in [2.45, 2.75) is 128 Å². The highest BCUT2D eigenvalue weighted by atomic mass is 16.5. The first-order valence-electron chi connectivity index (χ1n) is 13.9. The molecule has 3 rings (SSSR count). The SMILES string of the molecule is CCCCCCCCCCCCCCCCC(=O)[C@]1(O)C[C@H](n2cnc3c(=O)[nH]cnc32)O[C@@H]1CO. The van der Waals surface area contributed by atoms with Gasteiger partial charge in [0.05, 0.1) is 19.3 Å². The van der Waals surface area contributed by atoms with Gasteiger partial charge in [0.2, 0.25) is 0 Å². The van der Waals surface area contributed by atoms with E-state index in [0.29, 0.717) is 12.1 Å². The van der Waals surface area contributed by atoms with Gasteiger partial charge >= 0.3 is 0 Å². The second kappa shape index (κ2) is 14.6. The predicted molar refractivity (Wildman–Crippen MR) is 139 cm³/mol. The molecule has 0 aliphatic carbocycles. The molecule has 3 heterocycles. The lowest BCUT2D eigenvalue weighted by atomic mass is 9.87. The number of rotatable bonds is 18. The van der Waals surface area contributed by atoms with E-state index >= 15 is 0 Å². The molecule has 3 atom stereocenters. The molecular formula is C27H44N4O5. The highest BCUT2D eigenvalue weighted by Gasteiger charge is 2.52. The molecule has 3 N–H and O–H groups in total. The van der Waals surface area contributed by atoms with Crippen LogP contribution in [0.4, 0.5) is 0 Å². The highest BCUT2D eigenvalue weighted by Crippen LogP contribution is 2.39. The number of aliphatic hydroxyl groups excluding tert-OH is 1. The van der Waals surface area contributed by atoms with E-state index in [1.54, 1.807) is 0 Å². The summed E-state index contributed by atoms with van der Waals surface area (Å²) in [5.74, 6) is -0.307. The van der Waals surface area contributed by atoms with Crippen molar-refractivity contribution in [2.75, 3.05) is 6.61 Å². The average molecular weight is 505 g/mol. The molecule has 9 nitrogen and oxygen atoms in total. The van der Waals surface area contributed by atoms with Crippen LogP contribution in [0.15, 0.2) is 17.4 Å². The number of H-pyrrole nitrogens is 1. The second-order valence-electron chi connectivity index (χ2n) is 10.2. The van der Waals surface area contributed by atoms with Crippen molar-refractivity contribution in [1.29, 1.82) is 0 Å². The Hall–Kier alpha value is -2.10. The number of hydrogen-bond acceptors (Lipinski definition) is 7. The minimum atomic E-state index is -1.77. The van der Waals surface area contributed by atoms with Gasteiger partial charge in [0.25, 0.3) is 5.56 Å². The highest BCUT2D eigenvalue weighted by molar-refractivity contribution is 5.88. The van der Waals surface area contributed by atoms with E-state index in [-0.39, 0.29) is 29.7 Å². The minimum Gasteiger partial charge on any atom is -0.394 e. The smallest absolute Gasteiger partial charge is 0.278 e. The third-order valence-corrected chi connectivity index (χ3v) is 7.42. The van der Waals surface area contributed by atoms with Crippen LogP contribution in [0.5, 0.6) is 0 Å². The number of nitrogens with one attached hydrogen (secondary N) is 1. The Balaban J connectivity index is 1.34. The summed E-state index contributed by atoms with van der Waals surface area (Å²) in [4.78, 5) is 35.6. The van der Waals surface area contributed by atoms with Gasteiger partial charge in [-0.3, -0.25) is 14.2 Å². The summed E-state index contributed by atoms with van der Waals surface area (Å²) in [5.41, 5.74) is -1.68. The minimum absolute atomic E-state index is 0.0183. The normalized spacial score (nSPS) is 22.0. The lowest BCUT2D eigenvalue weighted by Gasteiger charge is -2.25. The number of ketones is 1. The molecule has 1 aliphatic rings. The standard InChI is InChI=1S/C27H44N4O5/c1-2-3-4-5-6-7-8-9-10-11-12-13-14-15-16-21(33)27(35)17-23(36-22(27)18-32)31-20-30-24-25(31)28-19-29-26(24)34/h19-20,22-23,32,35H,2-18H2,1H3,(H,28,29,34)/t22-,23-,27-/m1/s1. The Morgan fingerprint density at radius 2 is 1.61 bits per heavy atom. The number of imidazole rings is 1. The zero-order valence-corrected chi connectivity index (χ0v) is 21.8. The zero-order valence-electron chi connectivity index (χ0n) is 21.8. The molecule has 0 bridgehead atoms. The van der Waals surface area contributed by atoms with Crippen LogP contribution < -0.4 is 5.56 Å². The lowest BCUT2D eigenvalue weighted by molar-refractivity contribution is -0.146. The van der Waals surface area contributed by atoms with Gasteiger partial charge in [-0.25, -0.2) is 9.97 Å². The number of fused-ring (bicyclic) bond motifs is 1. The second-order valence-corrected chi connectivity index (χ2v) is 10.2. The molecule has 1 saturated heterocycles. The molecule has 36 heavy (non-hydrogen) atoms. The van der Waals surface area contributed by atoms with Crippen LogP contribution in [-0.4, -0.2) is 53.8 Å². The van der Waals surface area contributed by atoms with Gasteiger partial charge in [-0.15, -0.1) is 0 Å². The molecule has 1 fully saturated rings. The van der Waals surface area contributed by atoms with E-state index in [4.69, 9.17) is 4.74 Å². The number of aromatic nitrogens is 4. The van der Waals surface area contributed by atoms with Crippen molar-refractivity contribution in [3.63, 3.8) is 0 Å². The van der Waals surface area contributed by atoms with E-state index in [1.807, 2.05) is 0 Å². The van der Waals surface area contributed by atoms with Crippen molar-refractivity contribution < 1.29 is 19.7 Å². The van der Waals surface area contributed by atoms with Gasteiger partial charge in [0.1, 0.15) is 12.3 Å². The first-order valence-corrected chi connectivity index (χ1v) is 13.9. The summed E-state index contributed by atoms with van der Waals surface area (Å²) < 4.78 is 7.35. The molecule has 9 heteroatoms. The fraction of sp³-hybridized carbons (Fsp3) is 0.778. The van der Waals surface area contributed by atoms with Gasteiger partial charge in [-0.1, -0.05) is 90.4 Å². The van der Waals surface area contributed by atoms with Crippen LogP contribution in [-0.2, 0) is 9.53 Å². The average Bonchev–Trinajstić information content (AvgIpc) is 3.46. The number of carbonyl (C=O) groups excluding carboxylic acids is 1. The summed E-state index contributed by atoms with van der Waals surface area (Å²) in [5, 5.41) is 20.9. The molecule has 1 aliphatic heterocycles. The predicted octanol–water partition coefficient (Wildman–Crippen LogP) is 4.57. The third-order valence-electron chi connectivity index (χ3n) is 7.42. The summed E-state index contributed by atoms with van der Waals surface area (Å²) in [7, 11) is 0. The number of aliphatic hydroxyl groups is 2. The van der Waals surface area contributed by atoms with E-state index in [0.717, 1.165) is 12.8 Å². The Bertz CT molecular complexity index is 990. The van der Waals surface area contributed by atoms with E-state index in [1.165, 1.54) is 87.9 Å². The van der Waals surface area contributed by atoms with Crippen LogP contribution in [0.3, 0.4) is 0 Å². The van der Waals surface area contributed by atoms with Crippen molar-refractivity contribution in [2.24, 2.45) is 0 Å². The molecule has 0 radical (unpaired) electrons. The van der Waals surface area contributed by atoms with Crippen LogP contribution in [0.25, 0.3) is 11.2 Å². The Morgan fingerprint density at radius 3 is 2.19 bits per heavy atom. The van der Waals surface area contributed by atoms with Gasteiger partial charge in [0, 0.05) is 12.8 Å². The topological polar surface area (TPSA) is 130 Å². The third kappa shape index (κ3) is 7.46. The monoisotopic (exact) mass is 504 g/mol. The maximum Gasteiger partial charge on any atom is 0.278 e. The van der Waals surface area contributed by atoms with Gasteiger partial charge in [-0.2, -0.15) is 0 Å². The Labute approximate surface area is 213 Å². The molecule has 202 valence electrons. The van der Waals surface area contributed by atoms with Crippen molar-refractivity contribution in [1.82, 2.24) is 19.5 Å². The number of aromatic amines is 1.